The minimum absolute atomic E-state index is 0.177. The van der Waals surface area contributed by atoms with Gasteiger partial charge in [0.15, 0.2) is 6.17 Å². The summed E-state index contributed by atoms with van der Waals surface area (Å²) < 4.78 is 48.5. The summed E-state index contributed by atoms with van der Waals surface area (Å²) in [6.07, 6.45) is -3.69. The fourth-order valence-electron chi connectivity index (χ4n) is 4.15. The topological polar surface area (TPSA) is 29.5 Å². The van der Waals surface area contributed by atoms with E-state index in [0.717, 1.165) is 6.42 Å². The van der Waals surface area contributed by atoms with Crippen molar-refractivity contribution in [2.45, 2.75) is 76.7 Å². The van der Waals surface area contributed by atoms with Crippen LogP contribution in [0.3, 0.4) is 0 Å². The third-order valence-corrected chi connectivity index (χ3v) is 5.21. The third-order valence-electron chi connectivity index (χ3n) is 5.21. The second-order valence-corrected chi connectivity index (χ2v) is 6.50. The standard InChI is InChI=1S/C16H27F3O2/c1-3-5-11(20)10-7-6-9-8-12(21-4-2)15(18)16(19)13(9)14(10)17/h9-16,20H,3-8H2,1-2H3. The van der Waals surface area contributed by atoms with Crippen molar-refractivity contribution >= 4 is 0 Å². The largest absolute Gasteiger partial charge is 0.393 e. The number of ether oxygens (including phenoxy) is 1. The SMILES string of the molecule is CCCC(O)C1CCC2CC(OCC)C(F)C(F)C2C1F. The van der Waals surface area contributed by atoms with Gasteiger partial charge in [0, 0.05) is 18.4 Å². The van der Waals surface area contributed by atoms with Gasteiger partial charge in [-0.2, -0.15) is 0 Å². The molecule has 0 aromatic heterocycles. The lowest BCUT2D eigenvalue weighted by Gasteiger charge is -2.47. The van der Waals surface area contributed by atoms with E-state index in [2.05, 4.69) is 0 Å². The maximum atomic E-state index is 14.7. The van der Waals surface area contributed by atoms with Crippen LogP contribution >= 0.6 is 0 Å². The van der Waals surface area contributed by atoms with Gasteiger partial charge in [-0.1, -0.05) is 13.3 Å². The predicted octanol–water partition coefficient (Wildman–Crippen LogP) is 3.61. The molecule has 2 nitrogen and oxygen atoms in total. The maximum Gasteiger partial charge on any atom is 0.157 e. The molecule has 1 N–H and O–H groups in total. The summed E-state index contributed by atoms with van der Waals surface area (Å²) in [4.78, 5) is 0. The van der Waals surface area contributed by atoms with E-state index in [1.54, 1.807) is 6.92 Å². The summed E-state index contributed by atoms with van der Waals surface area (Å²) in [5.41, 5.74) is 0. The van der Waals surface area contributed by atoms with Crippen LogP contribution in [-0.2, 0) is 4.74 Å². The number of aliphatic hydroxyl groups is 1. The Morgan fingerprint density at radius 1 is 1.10 bits per heavy atom. The smallest absolute Gasteiger partial charge is 0.157 e. The van der Waals surface area contributed by atoms with E-state index in [-0.39, 0.29) is 5.92 Å². The highest BCUT2D eigenvalue weighted by atomic mass is 19.2. The highest BCUT2D eigenvalue weighted by molar-refractivity contribution is 5.01. The van der Waals surface area contributed by atoms with Crippen LogP contribution in [-0.4, -0.2) is 42.4 Å². The quantitative estimate of drug-likeness (QED) is 0.840. The Morgan fingerprint density at radius 3 is 2.43 bits per heavy atom. The Balaban J connectivity index is 2.08. The van der Waals surface area contributed by atoms with Crippen LogP contribution in [0.2, 0.25) is 0 Å². The molecule has 2 saturated carbocycles. The number of fused-ring (bicyclic) bond motifs is 1. The number of hydrogen-bond acceptors (Lipinski definition) is 2. The van der Waals surface area contributed by atoms with Crippen molar-refractivity contribution in [3.63, 3.8) is 0 Å². The number of halogens is 3. The number of alkyl halides is 3. The summed E-state index contributed by atoms with van der Waals surface area (Å²) >= 11 is 0. The van der Waals surface area contributed by atoms with Crippen molar-refractivity contribution in [3.8, 4) is 0 Å². The first-order valence-electron chi connectivity index (χ1n) is 8.23. The Kier molecular flexibility index (Phi) is 5.95. The fourth-order valence-corrected chi connectivity index (χ4v) is 4.15. The van der Waals surface area contributed by atoms with Crippen LogP contribution in [0.1, 0.15) is 46.0 Å². The summed E-state index contributed by atoms with van der Waals surface area (Å²) in [7, 11) is 0. The van der Waals surface area contributed by atoms with Gasteiger partial charge in [0.1, 0.15) is 12.3 Å². The van der Waals surface area contributed by atoms with Crippen molar-refractivity contribution in [2.75, 3.05) is 6.61 Å². The van der Waals surface area contributed by atoms with E-state index < -0.39 is 42.6 Å². The third kappa shape index (κ3) is 3.39. The van der Waals surface area contributed by atoms with Gasteiger partial charge in [0.05, 0.1) is 12.2 Å². The lowest BCUT2D eigenvalue weighted by Crippen LogP contribution is -2.55. The van der Waals surface area contributed by atoms with Crippen molar-refractivity contribution in [3.05, 3.63) is 0 Å². The first-order valence-corrected chi connectivity index (χ1v) is 8.23. The molecule has 124 valence electrons. The normalized spacial score (nSPS) is 45.1. The van der Waals surface area contributed by atoms with Gasteiger partial charge in [0.2, 0.25) is 0 Å². The fraction of sp³-hybridized carbons (Fsp3) is 1.00. The van der Waals surface area contributed by atoms with E-state index in [4.69, 9.17) is 4.74 Å². The molecule has 5 heteroatoms. The van der Waals surface area contributed by atoms with Gasteiger partial charge in [-0.25, -0.2) is 13.2 Å². The highest BCUT2D eigenvalue weighted by Crippen LogP contribution is 2.48. The predicted molar refractivity (Wildman–Crippen MR) is 75.3 cm³/mol. The lowest BCUT2D eigenvalue weighted by atomic mass is 9.63. The van der Waals surface area contributed by atoms with Crippen LogP contribution in [0.4, 0.5) is 13.2 Å². The Labute approximate surface area is 125 Å². The molecule has 0 aromatic rings. The van der Waals surface area contributed by atoms with E-state index in [0.29, 0.717) is 32.3 Å². The molecule has 2 aliphatic rings. The monoisotopic (exact) mass is 308 g/mol. The first-order chi connectivity index (χ1) is 10.0. The molecule has 0 spiro atoms. The molecule has 0 amide bonds. The molecule has 2 rings (SSSR count). The molecule has 8 atom stereocenters. The second-order valence-electron chi connectivity index (χ2n) is 6.50. The van der Waals surface area contributed by atoms with Crippen LogP contribution < -0.4 is 0 Å². The molecule has 2 fully saturated rings. The molecule has 21 heavy (non-hydrogen) atoms. The van der Waals surface area contributed by atoms with Gasteiger partial charge < -0.3 is 9.84 Å². The highest BCUT2D eigenvalue weighted by Gasteiger charge is 2.54. The Morgan fingerprint density at radius 2 is 1.81 bits per heavy atom. The van der Waals surface area contributed by atoms with Gasteiger partial charge in [-0.3, -0.25) is 0 Å². The summed E-state index contributed by atoms with van der Waals surface area (Å²) in [5, 5.41) is 10.0. The van der Waals surface area contributed by atoms with E-state index in [1.165, 1.54) is 0 Å². The van der Waals surface area contributed by atoms with Crippen LogP contribution in [0.15, 0.2) is 0 Å². The zero-order valence-electron chi connectivity index (χ0n) is 12.9. The van der Waals surface area contributed by atoms with Gasteiger partial charge in [0.25, 0.3) is 0 Å². The molecule has 0 radical (unpaired) electrons. The second kappa shape index (κ2) is 7.32. The van der Waals surface area contributed by atoms with Crippen molar-refractivity contribution in [2.24, 2.45) is 17.8 Å². The van der Waals surface area contributed by atoms with Crippen LogP contribution in [0, 0.1) is 17.8 Å². The Bertz CT molecular complexity index is 327. The van der Waals surface area contributed by atoms with Gasteiger partial charge in [-0.15, -0.1) is 0 Å². The van der Waals surface area contributed by atoms with E-state index >= 15 is 0 Å². The molecular formula is C16H27F3O2. The first kappa shape index (κ1) is 17.1. The molecule has 0 aliphatic heterocycles. The summed E-state index contributed by atoms with van der Waals surface area (Å²) in [6.45, 7) is 4.01. The lowest BCUT2D eigenvalue weighted by molar-refractivity contribution is -0.138. The Hall–Kier alpha value is -0.290. The molecule has 2 aliphatic carbocycles. The summed E-state index contributed by atoms with van der Waals surface area (Å²) in [6, 6.07) is 0. The molecule has 0 bridgehead atoms. The molecule has 0 aromatic carbocycles. The van der Waals surface area contributed by atoms with E-state index in [9.17, 15) is 18.3 Å². The van der Waals surface area contributed by atoms with Crippen LogP contribution in [0.25, 0.3) is 0 Å². The maximum absolute atomic E-state index is 14.7. The van der Waals surface area contributed by atoms with Crippen molar-refractivity contribution < 1.29 is 23.0 Å². The molecular weight excluding hydrogens is 281 g/mol. The van der Waals surface area contributed by atoms with Crippen LogP contribution in [0.5, 0.6) is 0 Å². The van der Waals surface area contributed by atoms with E-state index in [1.807, 2.05) is 6.92 Å². The zero-order valence-corrected chi connectivity index (χ0v) is 12.9. The average Bonchev–Trinajstić information content (AvgIpc) is 2.45. The molecule has 0 saturated heterocycles. The summed E-state index contributed by atoms with van der Waals surface area (Å²) in [5.74, 6) is -1.66. The number of rotatable bonds is 5. The van der Waals surface area contributed by atoms with Crippen molar-refractivity contribution in [1.29, 1.82) is 0 Å². The zero-order chi connectivity index (χ0) is 15.6. The minimum atomic E-state index is -1.83. The number of aliphatic hydroxyl groups excluding tert-OH is 1. The average molecular weight is 308 g/mol. The van der Waals surface area contributed by atoms with Gasteiger partial charge >= 0.3 is 0 Å². The van der Waals surface area contributed by atoms with Crippen molar-refractivity contribution in [1.82, 2.24) is 0 Å². The molecule has 8 unspecified atom stereocenters. The number of hydrogen-bond donors (Lipinski definition) is 1. The minimum Gasteiger partial charge on any atom is -0.393 e. The van der Waals surface area contributed by atoms with Gasteiger partial charge in [-0.05, 0) is 38.5 Å². The molecule has 0 heterocycles.